The Hall–Kier alpha value is -2.30. The molecular weight excluding hydrogens is 441 g/mol. The molecule has 29 heavy (non-hydrogen) atoms. The molecule has 0 spiro atoms. The van der Waals surface area contributed by atoms with Crippen molar-refractivity contribution >= 4 is 49.9 Å². The van der Waals surface area contributed by atoms with Crippen LogP contribution in [0.3, 0.4) is 0 Å². The van der Waals surface area contributed by atoms with Gasteiger partial charge in [0.05, 0.1) is 32.5 Å². The molecule has 12 heteroatoms. The van der Waals surface area contributed by atoms with Gasteiger partial charge in [-0.2, -0.15) is 0 Å². The lowest BCUT2D eigenvalue weighted by atomic mass is 10.1. The Bertz CT molecular complexity index is 1220. The van der Waals surface area contributed by atoms with Crippen LogP contribution < -0.4 is 0 Å². The first kappa shape index (κ1) is 21.4. The average Bonchev–Trinajstić information content (AvgIpc) is 3.01. The number of nitro groups is 1. The second kappa shape index (κ2) is 7.85. The van der Waals surface area contributed by atoms with Gasteiger partial charge in [-0.05, 0) is 23.0 Å². The van der Waals surface area contributed by atoms with Crippen LogP contribution in [0.4, 0.5) is 5.82 Å². The highest BCUT2D eigenvalue weighted by Crippen LogP contribution is 2.30. The van der Waals surface area contributed by atoms with Crippen molar-refractivity contribution in [2.45, 2.75) is 38.3 Å². The molecule has 2 aromatic heterocycles. The molecule has 2 heterocycles. The van der Waals surface area contributed by atoms with Crippen LogP contribution in [0.25, 0.3) is 11.0 Å². The zero-order chi connectivity index (χ0) is 21.5. The summed E-state index contributed by atoms with van der Waals surface area (Å²) in [5, 5.41) is 11.5. The van der Waals surface area contributed by atoms with Gasteiger partial charge in [0.1, 0.15) is 12.7 Å². The van der Waals surface area contributed by atoms with Gasteiger partial charge in [0.2, 0.25) is 9.84 Å². The molecule has 0 radical (unpaired) electrons. The smallest absolute Gasteiger partial charge is 0.342 e. The molecule has 3 aromatic rings. The fourth-order valence-corrected chi connectivity index (χ4v) is 4.61. The maximum Gasteiger partial charge on any atom is 0.342 e. The zero-order valence-corrected chi connectivity index (χ0v) is 18.1. The quantitative estimate of drug-likeness (QED) is 0.405. The molecule has 3 rings (SSSR count). The summed E-state index contributed by atoms with van der Waals surface area (Å²) in [5.41, 5.74) is 1.03. The number of imidazole rings is 1. The van der Waals surface area contributed by atoms with Gasteiger partial charge in [-0.15, -0.1) is 0 Å². The highest BCUT2D eigenvalue weighted by Gasteiger charge is 2.27. The van der Waals surface area contributed by atoms with E-state index in [-0.39, 0.29) is 28.3 Å². The van der Waals surface area contributed by atoms with Crippen molar-refractivity contribution in [3.05, 3.63) is 50.0 Å². The van der Waals surface area contributed by atoms with E-state index in [1.54, 1.807) is 20.8 Å². The van der Waals surface area contributed by atoms with Gasteiger partial charge in [-0.3, -0.25) is 0 Å². The standard InChI is InChI=1S/C17H17Cl2N5O4S/c1-9(2)16-17(22-14-7-12(19)11(18)6-13(14)21-16)29(27,28)5-4-23-10(3)20-8-15(23)24(25)26/h6-9H,4-5H2,1-3H3. The van der Waals surface area contributed by atoms with Crippen LogP contribution in [-0.2, 0) is 16.4 Å². The van der Waals surface area contributed by atoms with Crippen LogP contribution in [0.2, 0.25) is 10.0 Å². The van der Waals surface area contributed by atoms with Crippen molar-refractivity contribution in [3.8, 4) is 0 Å². The molecular formula is C17H17Cl2N5O4S. The predicted molar refractivity (Wildman–Crippen MR) is 109 cm³/mol. The first-order valence-electron chi connectivity index (χ1n) is 8.57. The number of hydrogen-bond acceptors (Lipinski definition) is 7. The first-order valence-corrected chi connectivity index (χ1v) is 11.0. The van der Waals surface area contributed by atoms with Crippen LogP contribution in [0, 0.1) is 17.0 Å². The maximum atomic E-state index is 13.1. The number of hydrogen-bond donors (Lipinski definition) is 0. The summed E-state index contributed by atoms with van der Waals surface area (Å²) in [4.78, 5) is 23.1. The molecule has 9 nitrogen and oxygen atoms in total. The van der Waals surface area contributed by atoms with Crippen molar-refractivity contribution in [2.24, 2.45) is 0 Å². The van der Waals surface area contributed by atoms with Gasteiger partial charge in [-0.25, -0.2) is 27.9 Å². The van der Waals surface area contributed by atoms with Gasteiger partial charge in [0, 0.05) is 6.92 Å². The minimum atomic E-state index is -3.91. The fourth-order valence-electron chi connectivity index (χ4n) is 2.84. The number of benzene rings is 1. The highest BCUT2D eigenvalue weighted by atomic mass is 35.5. The van der Waals surface area contributed by atoms with Crippen LogP contribution in [0.5, 0.6) is 0 Å². The van der Waals surface area contributed by atoms with E-state index in [9.17, 15) is 18.5 Å². The monoisotopic (exact) mass is 457 g/mol. The molecule has 0 fully saturated rings. The highest BCUT2D eigenvalue weighted by molar-refractivity contribution is 7.91. The number of aromatic nitrogens is 4. The Morgan fingerprint density at radius 2 is 1.76 bits per heavy atom. The molecule has 154 valence electrons. The van der Waals surface area contributed by atoms with Crippen LogP contribution in [0.15, 0.2) is 23.4 Å². The molecule has 0 aliphatic rings. The van der Waals surface area contributed by atoms with E-state index in [0.29, 0.717) is 27.6 Å². The van der Waals surface area contributed by atoms with Crippen molar-refractivity contribution in [2.75, 3.05) is 5.75 Å². The van der Waals surface area contributed by atoms with Gasteiger partial charge in [0.15, 0.2) is 10.9 Å². The topological polar surface area (TPSA) is 121 Å². The third-order valence-electron chi connectivity index (χ3n) is 4.35. The molecule has 0 aliphatic heterocycles. The molecule has 0 N–H and O–H groups in total. The van der Waals surface area contributed by atoms with Gasteiger partial charge in [0.25, 0.3) is 0 Å². The summed E-state index contributed by atoms with van der Waals surface area (Å²) in [6.45, 7) is 5.04. The molecule has 0 aliphatic carbocycles. The number of sulfone groups is 1. The van der Waals surface area contributed by atoms with Gasteiger partial charge in [-0.1, -0.05) is 37.0 Å². The van der Waals surface area contributed by atoms with Gasteiger partial charge < -0.3 is 10.1 Å². The minimum Gasteiger partial charge on any atom is -0.358 e. The van der Waals surface area contributed by atoms with Crippen molar-refractivity contribution < 1.29 is 13.3 Å². The fraction of sp³-hybridized carbons (Fsp3) is 0.353. The van der Waals surface area contributed by atoms with Crippen LogP contribution in [0.1, 0.15) is 31.3 Å². The molecule has 0 saturated heterocycles. The number of nitrogens with zero attached hydrogens (tertiary/aromatic N) is 5. The molecule has 0 bridgehead atoms. The van der Waals surface area contributed by atoms with E-state index in [2.05, 4.69) is 15.0 Å². The van der Waals surface area contributed by atoms with E-state index in [1.807, 2.05) is 0 Å². The summed E-state index contributed by atoms with van der Waals surface area (Å²) in [5.74, 6) is -0.544. The Balaban J connectivity index is 2.06. The number of aryl methyl sites for hydroxylation is 1. The van der Waals surface area contributed by atoms with Crippen molar-refractivity contribution in [1.29, 1.82) is 0 Å². The van der Waals surface area contributed by atoms with E-state index in [0.717, 1.165) is 6.20 Å². The maximum absolute atomic E-state index is 13.1. The lowest BCUT2D eigenvalue weighted by molar-refractivity contribution is -0.392. The Morgan fingerprint density at radius 3 is 2.31 bits per heavy atom. The molecule has 0 atom stereocenters. The Labute approximate surface area is 176 Å². The molecule has 0 saturated carbocycles. The number of rotatable bonds is 6. The van der Waals surface area contributed by atoms with Crippen molar-refractivity contribution in [1.82, 2.24) is 19.5 Å². The predicted octanol–water partition coefficient (Wildman–Crippen LogP) is 3.95. The second-order valence-corrected chi connectivity index (χ2v) is 9.55. The van der Waals surface area contributed by atoms with E-state index >= 15 is 0 Å². The second-order valence-electron chi connectivity index (χ2n) is 6.71. The van der Waals surface area contributed by atoms with Gasteiger partial charge >= 0.3 is 5.82 Å². The molecule has 0 amide bonds. The molecule has 1 aromatic carbocycles. The summed E-state index contributed by atoms with van der Waals surface area (Å²) in [7, 11) is -3.91. The van der Waals surface area contributed by atoms with E-state index < -0.39 is 20.5 Å². The Morgan fingerprint density at radius 1 is 1.17 bits per heavy atom. The van der Waals surface area contributed by atoms with Crippen LogP contribution in [-0.4, -0.2) is 38.6 Å². The SMILES string of the molecule is Cc1ncc([N+](=O)[O-])n1CCS(=O)(=O)c1nc2cc(Cl)c(Cl)cc2nc1C(C)C. The summed E-state index contributed by atoms with van der Waals surface area (Å²) in [6.07, 6.45) is 1.10. The average molecular weight is 458 g/mol. The van der Waals surface area contributed by atoms with E-state index in [4.69, 9.17) is 23.2 Å². The first-order chi connectivity index (χ1) is 13.5. The van der Waals surface area contributed by atoms with E-state index in [1.165, 1.54) is 16.7 Å². The van der Waals surface area contributed by atoms with Crippen LogP contribution >= 0.6 is 23.2 Å². The molecule has 0 unspecified atom stereocenters. The Kier molecular flexibility index (Phi) is 5.79. The number of fused-ring (bicyclic) bond motifs is 1. The third-order valence-corrected chi connectivity index (χ3v) is 6.68. The third kappa shape index (κ3) is 4.19. The normalized spacial score (nSPS) is 12.1. The summed E-state index contributed by atoms with van der Waals surface area (Å²) in [6, 6.07) is 2.99. The lowest BCUT2D eigenvalue weighted by Gasteiger charge is -2.13. The lowest BCUT2D eigenvalue weighted by Crippen LogP contribution is -2.19. The number of halogens is 2. The van der Waals surface area contributed by atoms with Crippen molar-refractivity contribution in [3.63, 3.8) is 0 Å². The zero-order valence-electron chi connectivity index (χ0n) is 15.8. The summed E-state index contributed by atoms with van der Waals surface area (Å²) >= 11 is 12.1. The minimum absolute atomic E-state index is 0.136. The summed E-state index contributed by atoms with van der Waals surface area (Å²) < 4.78 is 27.4. The largest absolute Gasteiger partial charge is 0.358 e.